The molecule has 1 fully saturated rings. The number of ether oxygens (including phenoxy) is 2. The molecular weight excluding hydrogens is 571 g/mol. The molecule has 0 bridgehead atoms. The maximum absolute atomic E-state index is 12.6. The number of nitrogens with one attached hydrogen (secondary N) is 1. The Bertz CT molecular complexity index is 1330. The molecule has 180 valence electrons. The number of carbonyl (C=O) groups is 1. The summed E-state index contributed by atoms with van der Waals surface area (Å²) in [5.74, 6) is 0.950. The predicted molar refractivity (Wildman–Crippen MR) is 148 cm³/mol. The van der Waals surface area contributed by atoms with Crippen molar-refractivity contribution in [2.45, 2.75) is 20.5 Å². The number of nitrogens with zero attached hydrogens (tertiary/aromatic N) is 1. The van der Waals surface area contributed by atoms with Crippen LogP contribution < -0.4 is 14.8 Å². The highest BCUT2D eigenvalue weighted by Crippen LogP contribution is 2.39. The molecule has 1 N–H and O–H groups in total. The van der Waals surface area contributed by atoms with Gasteiger partial charge < -0.3 is 14.8 Å². The van der Waals surface area contributed by atoms with Gasteiger partial charge in [-0.2, -0.15) is 0 Å². The first kappa shape index (κ1) is 25.6. The quantitative estimate of drug-likeness (QED) is 0.283. The van der Waals surface area contributed by atoms with E-state index in [1.54, 1.807) is 6.08 Å². The molecule has 5 nitrogen and oxygen atoms in total. The monoisotopic (exact) mass is 590 g/mol. The lowest BCUT2D eigenvalue weighted by Crippen LogP contribution is -2.19. The number of thioether (sulfide) groups is 1. The Balaban J connectivity index is 1.56. The summed E-state index contributed by atoms with van der Waals surface area (Å²) in [5, 5.41) is 4.61. The second-order valence-electron chi connectivity index (χ2n) is 7.54. The van der Waals surface area contributed by atoms with E-state index in [-0.39, 0.29) is 5.91 Å². The number of benzene rings is 3. The molecule has 1 heterocycles. The highest BCUT2D eigenvalue weighted by Gasteiger charge is 2.24. The first-order chi connectivity index (χ1) is 16.8. The highest BCUT2D eigenvalue weighted by molar-refractivity contribution is 9.10. The Kier molecular flexibility index (Phi) is 8.44. The number of aliphatic imine (C=N–C) groups is 1. The van der Waals surface area contributed by atoms with E-state index in [1.165, 1.54) is 11.8 Å². The minimum atomic E-state index is -0.217. The Morgan fingerprint density at radius 2 is 1.89 bits per heavy atom. The van der Waals surface area contributed by atoms with Crippen LogP contribution in [0, 0.1) is 6.92 Å². The number of hydrogen-bond donors (Lipinski definition) is 1. The summed E-state index contributed by atoms with van der Waals surface area (Å²) in [5.41, 5.74) is 3.34. The van der Waals surface area contributed by atoms with Crippen LogP contribution in [0.1, 0.15) is 23.6 Å². The molecule has 3 aromatic carbocycles. The summed E-state index contributed by atoms with van der Waals surface area (Å²) in [6.07, 6.45) is 1.80. The molecule has 0 unspecified atom stereocenters. The molecule has 1 saturated heterocycles. The van der Waals surface area contributed by atoms with E-state index in [2.05, 4.69) is 26.2 Å². The molecule has 1 amide bonds. The van der Waals surface area contributed by atoms with Crippen LogP contribution in [-0.2, 0) is 11.4 Å². The third-order valence-corrected chi connectivity index (χ3v) is 7.20. The van der Waals surface area contributed by atoms with Gasteiger partial charge in [0.1, 0.15) is 6.61 Å². The van der Waals surface area contributed by atoms with Crippen LogP contribution in [-0.4, -0.2) is 17.7 Å². The lowest BCUT2D eigenvalue weighted by molar-refractivity contribution is -0.115. The molecule has 3 aromatic rings. The number of rotatable bonds is 7. The summed E-state index contributed by atoms with van der Waals surface area (Å²) in [6.45, 7) is 4.62. The minimum absolute atomic E-state index is 0.217. The van der Waals surface area contributed by atoms with Gasteiger partial charge in [-0.25, -0.2) is 4.99 Å². The Morgan fingerprint density at radius 3 is 2.63 bits per heavy atom. The standard InChI is InChI=1S/C26H21BrCl2N2O3S/c1-3-33-22-12-17(11-19(27)24(22)34-14-16-7-9-18(28)10-8-16)13-23-25(32)31-26(35-23)30-21-6-4-5-20(29)15(21)2/h4-13H,3,14H2,1-2H3,(H,30,31,32)/b23-13+. The van der Waals surface area contributed by atoms with Crippen LogP contribution >= 0.6 is 50.9 Å². The fourth-order valence-electron chi connectivity index (χ4n) is 3.27. The van der Waals surface area contributed by atoms with Gasteiger partial charge in [0, 0.05) is 10.0 Å². The molecule has 1 aliphatic heterocycles. The number of amidine groups is 1. The van der Waals surface area contributed by atoms with E-state index in [0.717, 1.165) is 21.2 Å². The van der Waals surface area contributed by atoms with Crippen LogP contribution in [0.15, 0.2) is 69.0 Å². The Morgan fingerprint density at radius 1 is 1.11 bits per heavy atom. The molecule has 1 aliphatic rings. The van der Waals surface area contributed by atoms with Gasteiger partial charge in [-0.15, -0.1) is 0 Å². The van der Waals surface area contributed by atoms with Crippen molar-refractivity contribution < 1.29 is 14.3 Å². The van der Waals surface area contributed by atoms with Crippen LogP contribution in [0.25, 0.3) is 6.08 Å². The van der Waals surface area contributed by atoms with Crippen molar-refractivity contribution in [1.29, 1.82) is 0 Å². The second kappa shape index (κ2) is 11.5. The molecule has 35 heavy (non-hydrogen) atoms. The van der Waals surface area contributed by atoms with Crippen LogP contribution in [0.2, 0.25) is 10.0 Å². The van der Waals surface area contributed by atoms with Crippen molar-refractivity contribution in [1.82, 2.24) is 5.32 Å². The van der Waals surface area contributed by atoms with Crippen LogP contribution in [0.3, 0.4) is 0 Å². The molecular formula is C26H21BrCl2N2O3S. The number of amides is 1. The summed E-state index contributed by atoms with van der Waals surface area (Å²) < 4.78 is 12.6. The van der Waals surface area contributed by atoms with Gasteiger partial charge in [0.25, 0.3) is 5.91 Å². The van der Waals surface area contributed by atoms with Crippen molar-refractivity contribution in [3.05, 3.63) is 90.7 Å². The summed E-state index contributed by atoms with van der Waals surface area (Å²) in [6, 6.07) is 16.7. The lowest BCUT2D eigenvalue weighted by Gasteiger charge is -2.15. The summed E-state index contributed by atoms with van der Waals surface area (Å²) >= 11 is 17.0. The van der Waals surface area contributed by atoms with E-state index < -0.39 is 0 Å². The number of halogens is 3. The molecule has 0 aliphatic carbocycles. The normalized spacial score (nSPS) is 15.5. The van der Waals surface area contributed by atoms with Crippen LogP contribution in [0.5, 0.6) is 11.5 Å². The Labute approximate surface area is 226 Å². The van der Waals surface area contributed by atoms with E-state index in [0.29, 0.717) is 50.5 Å². The zero-order valence-corrected chi connectivity index (χ0v) is 22.8. The van der Waals surface area contributed by atoms with E-state index >= 15 is 0 Å². The average Bonchev–Trinajstić information content (AvgIpc) is 3.16. The smallest absolute Gasteiger partial charge is 0.264 e. The summed E-state index contributed by atoms with van der Waals surface area (Å²) in [7, 11) is 0. The van der Waals surface area contributed by atoms with E-state index in [1.807, 2.05) is 68.4 Å². The first-order valence-electron chi connectivity index (χ1n) is 10.7. The maximum Gasteiger partial charge on any atom is 0.264 e. The van der Waals surface area contributed by atoms with Crippen molar-refractivity contribution in [2.75, 3.05) is 6.61 Å². The lowest BCUT2D eigenvalue weighted by atomic mass is 10.1. The maximum atomic E-state index is 12.6. The number of hydrogen-bond acceptors (Lipinski definition) is 5. The largest absolute Gasteiger partial charge is 0.490 e. The van der Waals surface area contributed by atoms with Crippen molar-refractivity contribution >= 4 is 73.7 Å². The van der Waals surface area contributed by atoms with Gasteiger partial charge in [0.05, 0.1) is 21.7 Å². The third-order valence-electron chi connectivity index (χ3n) is 5.04. The predicted octanol–water partition coefficient (Wildman–Crippen LogP) is 7.93. The Hall–Kier alpha value is -2.45. The van der Waals surface area contributed by atoms with Gasteiger partial charge in [-0.05, 0) is 101 Å². The van der Waals surface area contributed by atoms with Crippen LogP contribution in [0.4, 0.5) is 5.69 Å². The molecule has 0 saturated carbocycles. The zero-order valence-electron chi connectivity index (χ0n) is 18.9. The molecule has 9 heteroatoms. The van der Waals surface area contributed by atoms with Gasteiger partial charge >= 0.3 is 0 Å². The molecule has 0 radical (unpaired) electrons. The van der Waals surface area contributed by atoms with Crippen molar-refractivity contribution in [3.63, 3.8) is 0 Å². The molecule has 4 rings (SSSR count). The molecule has 0 atom stereocenters. The third kappa shape index (κ3) is 6.41. The van der Waals surface area contributed by atoms with E-state index in [9.17, 15) is 4.79 Å². The SMILES string of the molecule is CCOc1cc(/C=C2/SC(=Nc3cccc(Cl)c3C)NC2=O)cc(Br)c1OCc1ccc(Cl)cc1. The topological polar surface area (TPSA) is 59.9 Å². The van der Waals surface area contributed by atoms with E-state index in [4.69, 9.17) is 32.7 Å². The molecule has 0 aromatic heterocycles. The molecule has 0 spiro atoms. The summed E-state index contributed by atoms with van der Waals surface area (Å²) in [4.78, 5) is 17.7. The van der Waals surface area contributed by atoms with Gasteiger partial charge in [0.15, 0.2) is 16.7 Å². The van der Waals surface area contributed by atoms with Gasteiger partial charge in [0.2, 0.25) is 0 Å². The minimum Gasteiger partial charge on any atom is -0.490 e. The highest BCUT2D eigenvalue weighted by atomic mass is 79.9. The van der Waals surface area contributed by atoms with Gasteiger partial charge in [-0.1, -0.05) is 41.4 Å². The van der Waals surface area contributed by atoms with Crippen molar-refractivity contribution in [2.24, 2.45) is 4.99 Å². The fraction of sp³-hybridized carbons (Fsp3) is 0.154. The fourth-order valence-corrected chi connectivity index (χ4v) is 4.97. The zero-order chi connectivity index (χ0) is 24.9. The first-order valence-corrected chi connectivity index (χ1v) is 13.1. The second-order valence-corrected chi connectivity index (χ2v) is 10.3. The van der Waals surface area contributed by atoms with Crippen molar-refractivity contribution in [3.8, 4) is 11.5 Å². The average molecular weight is 592 g/mol. The number of carbonyl (C=O) groups excluding carboxylic acids is 1. The van der Waals surface area contributed by atoms with Gasteiger partial charge in [-0.3, -0.25) is 4.79 Å².